The van der Waals surface area contributed by atoms with Gasteiger partial charge in [0.25, 0.3) is 0 Å². The summed E-state index contributed by atoms with van der Waals surface area (Å²) in [4.78, 5) is 22.7. The third kappa shape index (κ3) is 3.85. The number of rotatable bonds is 4. The lowest BCUT2D eigenvalue weighted by Gasteiger charge is -2.27. The fourth-order valence-corrected chi connectivity index (χ4v) is 2.92. The van der Waals surface area contributed by atoms with Crippen molar-refractivity contribution in [3.8, 4) is 0 Å². The molecule has 3 atom stereocenters. The van der Waals surface area contributed by atoms with Crippen molar-refractivity contribution in [2.24, 2.45) is 17.3 Å². The summed E-state index contributed by atoms with van der Waals surface area (Å²) in [5.41, 5.74) is 0.368. The Kier molecular flexibility index (Phi) is 4.02. The van der Waals surface area contributed by atoms with Crippen LogP contribution in [0.25, 0.3) is 0 Å². The van der Waals surface area contributed by atoms with E-state index >= 15 is 0 Å². The Labute approximate surface area is 114 Å². The molecule has 19 heavy (non-hydrogen) atoms. The quantitative estimate of drug-likeness (QED) is 0.729. The second-order valence-corrected chi connectivity index (χ2v) is 6.64. The number of carbonyl (C=O) groups excluding carboxylic acids is 1. The lowest BCUT2D eigenvalue weighted by atomic mass is 9.86. The summed E-state index contributed by atoms with van der Waals surface area (Å²) in [6.07, 6.45) is 4.20. The molecule has 2 rings (SSSR count). The van der Waals surface area contributed by atoms with Crippen LogP contribution in [-0.4, -0.2) is 29.7 Å². The number of carboxylic acid groups (broad SMARTS) is 1. The molecule has 0 heterocycles. The minimum Gasteiger partial charge on any atom is -0.481 e. The molecule has 108 valence electrons. The number of carboxylic acids is 1. The van der Waals surface area contributed by atoms with Crippen LogP contribution in [0.2, 0.25) is 0 Å². The molecule has 5 heteroatoms. The van der Waals surface area contributed by atoms with Gasteiger partial charge in [0.1, 0.15) is 0 Å². The Bertz CT molecular complexity index is 368. The van der Waals surface area contributed by atoms with Crippen molar-refractivity contribution in [2.45, 2.75) is 52.0 Å². The lowest BCUT2D eigenvalue weighted by molar-refractivity contribution is -0.143. The number of aliphatic carboxylic acids is 1. The minimum atomic E-state index is -0.744. The van der Waals surface area contributed by atoms with Crippen LogP contribution in [0.3, 0.4) is 0 Å². The maximum absolute atomic E-state index is 11.8. The monoisotopic (exact) mass is 268 g/mol. The highest BCUT2D eigenvalue weighted by atomic mass is 16.4. The van der Waals surface area contributed by atoms with E-state index in [9.17, 15) is 9.59 Å². The van der Waals surface area contributed by atoms with Gasteiger partial charge in [-0.05, 0) is 37.0 Å². The Balaban J connectivity index is 1.68. The number of hydrogen-bond acceptors (Lipinski definition) is 2. The Morgan fingerprint density at radius 3 is 2.58 bits per heavy atom. The fourth-order valence-electron chi connectivity index (χ4n) is 2.92. The first-order valence-corrected chi connectivity index (χ1v) is 7.15. The zero-order valence-electron chi connectivity index (χ0n) is 11.7. The van der Waals surface area contributed by atoms with Crippen LogP contribution in [0, 0.1) is 17.3 Å². The number of nitrogens with one attached hydrogen (secondary N) is 2. The van der Waals surface area contributed by atoms with Crippen molar-refractivity contribution in [1.82, 2.24) is 10.6 Å². The topological polar surface area (TPSA) is 78.4 Å². The normalized spacial score (nSPS) is 32.4. The molecule has 2 fully saturated rings. The molecule has 0 saturated heterocycles. The summed E-state index contributed by atoms with van der Waals surface area (Å²) in [5, 5.41) is 14.8. The van der Waals surface area contributed by atoms with Crippen molar-refractivity contribution < 1.29 is 14.7 Å². The molecule has 5 nitrogen and oxygen atoms in total. The molecule has 0 aliphatic heterocycles. The molecule has 3 unspecified atom stereocenters. The Morgan fingerprint density at radius 1 is 1.32 bits per heavy atom. The van der Waals surface area contributed by atoms with E-state index in [2.05, 4.69) is 24.5 Å². The predicted molar refractivity (Wildman–Crippen MR) is 71.8 cm³/mol. The van der Waals surface area contributed by atoms with Crippen molar-refractivity contribution in [3.05, 3.63) is 0 Å². The fraction of sp³-hybridized carbons (Fsp3) is 0.857. The van der Waals surface area contributed by atoms with Gasteiger partial charge >= 0.3 is 12.0 Å². The van der Waals surface area contributed by atoms with Crippen LogP contribution >= 0.6 is 0 Å². The van der Waals surface area contributed by atoms with Gasteiger partial charge in [-0.3, -0.25) is 4.79 Å². The van der Waals surface area contributed by atoms with Gasteiger partial charge in [0.15, 0.2) is 0 Å². The van der Waals surface area contributed by atoms with E-state index in [1.54, 1.807) is 0 Å². The van der Waals surface area contributed by atoms with E-state index < -0.39 is 5.97 Å². The first-order chi connectivity index (χ1) is 8.88. The van der Waals surface area contributed by atoms with E-state index in [1.807, 2.05) is 0 Å². The third-order valence-corrected chi connectivity index (χ3v) is 4.59. The summed E-state index contributed by atoms with van der Waals surface area (Å²) in [5.74, 6) is -0.468. The van der Waals surface area contributed by atoms with E-state index in [4.69, 9.17) is 5.11 Å². The molecule has 2 aliphatic carbocycles. The number of amides is 2. The highest BCUT2D eigenvalue weighted by Crippen LogP contribution is 2.50. The van der Waals surface area contributed by atoms with Crippen LogP contribution in [0.1, 0.15) is 46.0 Å². The first-order valence-electron chi connectivity index (χ1n) is 7.15. The van der Waals surface area contributed by atoms with Gasteiger partial charge < -0.3 is 15.7 Å². The molecule has 0 aromatic heterocycles. The second kappa shape index (κ2) is 5.39. The largest absolute Gasteiger partial charge is 0.481 e. The molecule has 0 spiro atoms. The van der Waals surface area contributed by atoms with Crippen LogP contribution in [0.15, 0.2) is 0 Å². The van der Waals surface area contributed by atoms with Crippen molar-refractivity contribution in [2.75, 3.05) is 6.54 Å². The summed E-state index contributed by atoms with van der Waals surface area (Å²) < 4.78 is 0. The zero-order chi connectivity index (χ0) is 14.0. The summed E-state index contributed by atoms with van der Waals surface area (Å²) in [6, 6.07) is -0.152. The molecule has 2 aliphatic rings. The van der Waals surface area contributed by atoms with Gasteiger partial charge in [-0.1, -0.05) is 20.3 Å². The molecule has 3 N–H and O–H groups in total. The molecule has 0 bridgehead atoms. The highest BCUT2D eigenvalue weighted by molar-refractivity contribution is 5.74. The van der Waals surface area contributed by atoms with Gasteiger partial charge in [-0.2, -0.15) is 0 Å². The number of carbonyl (C=O) groups is 2. The zero-order valence-corrected chi connectivity index (χ0v) is 11.7. The Hall–Kier alpha value is -1.26. The molecular formula is C14H24N2O3. The smallest absolute Gasteiger partial charge is 0.315 e. The standard InChI is InChI=1S/C14H24N2O3/c1-14(2)7-10(14)8-15-13(19)16-11-5-3-4-9(6-11)12(17)18/h9-11H,3-8H2,1-2H3,(H,17,18)(H2,15,16,19). The van der Waals surface area contributed by atoms with Crippen molar-refractivity contribution in [1.29, 1.82) is 0 Å². The van der Waals surface area contributed by atoms with Crippen LogP contribution in [0.5, 0.6) is 0 Å². The van der Waals surface area contributed by atoms with E-state index in [0.717, 1.165) is 25.7 Å². The van der Waals surface area contributed by atoms with E-state index in [-0.39, 0.29) is 18.0 Å². The summed E-state index contributed by atoms with van der Waals surface area (Å²) in [6.45, 7) is 5.12. The molecule has 2 saturated carbocycles. The first kappa shape index (κ1) is 14.2. The maximum Gasteiger partial charge on any atom is 0.315 e. The van der Waals surface area contributed by atoms with Gasteiger partial charge in [0.05, 0.1) is 5.92 Å². The highest BCUT2D eigenvalue weighted by Gasteiger charge is 2.45. The Morgan fingerprint density at radius 2 is 2.00 bits per heavy atom. The molecule has 0 aromatic carbocycles. The number of hydrogen-bond donors (Lipinski definition) is 3. The van der Waals surface area contributed by atoms with Crippen LogP contribution in [0.4, 0.5) is 4.79 Å². The van der Waals surface area contributed by atoms with E-state index in [1.165, 1.54) is 0 Å². The third-order valence-electron chi connectivity index (χ3n) is 4.59. The van der Waals surface area contributed by atoms with Gasteiger partial charge in [0.2, 0.25) is 0 Å². The molecular weight excluding hydrogens is 244 g/mol. The van der Waals surface area contributed by atoms with Crippen LogP contribution in [-0.2, 0) is 4.79 Å². The average molecular weight is 268 g/mol. The van der Waals surface area contributed by atoms with Gasteiger partial charge in [-0.25, -0.2) is 4.79 Å². The lowest BCUT2D eigenvalue weighted by Crippen LogP contribution is -2.45. The molecule has 0 radical (unpaired) electrons. The van der Waals surface area contributed by atoms with Gasteiger partial charge in [0, 0.05) is 12.6 Å². The van der Waals surface area contributed by atoms with Crippen molar-refractivity contribution in [3.63, 3.8) is 0 Å². The average Bonchev–Trinajstić information content (AvgIpc) is 2.95. The maximum atomic E-state index is 11.8. The number of urea groups is 1. The second-order valence-electron chi connectivity index (χ2n) is 6.64. The summed E-state index contributed by atoms with van der Waals surface area (Å²) >= 11 is 0. The SMILES string of the molecule is CC1(C)CC1CNC(=O)NC1CCCC(C(=O)O)C1. The predicted octanol–water partition coefficient (Wildman–Crippen LogP) is 1.98. The van der Waals surface area contributed by atoms with Crippen LogP contribution < -0.4 is 10.6 Å². The van der Waals surface area contributed by atoms with E-state index in [0.29, 0.717) is 24.3 Å². The van der Waals surface area contributed by atoms with Gasteiger partial charge in [-0.15, -0.1) is 0 Å². The molecule has 0 aromatic rings. The summed E-state index contributed by atoms with van der Waals surface area (Å²) in [7, 11) is 0. The van der Waals surface area contributed by atoms with Crippen molar-refractivity contribution >= 4 is 12.0 Å². The molecule has 2 amide bonds. The minimum absolute atomic E-state index is 0.00191.